The van der Waals surface area contributed by atoms with E-state index >= 15 is 0 Å². The van der Waals surface area contributed by atoms with E-state index in [9.17, 15) is 9.90 Å². The molecule has 0 amide bonds. The predicted octanol–water partition coefficient (Wildman–Crippen LogP) is 2.39. The monoisotopic (exact) mass is 290 g/mol. The molecule has 1 aliphatic heterocycles. The van der Waals surface area contributed by atoms with Crippen molar-refractivity contribution in [3.63, 3.8) is 0 Å². The van der Waals surface area contributed by atoms with Crippen molar-refractivity contribution in [1.29, 1.82) is 0 Å². The molecule has 112 valence electrons. The van der Waals surface area contributed by atoms with E-state index in [1.54, 1.807) is 12.1 Å². The van der Waals surface area contributed by atoms with Crippen molar-refractivity contribution in [3.8, 4) is 0 Å². The van der Waals surface area contributed by atoms with Crippen molar-refractivity contribution >= 4 is 23.1 Å². The molecule has 0 unspecified atom stereocenters. The zero-order valence-electron chi connectivity index (χ0n) is 12.1. The van der Waals surface area contributed by atoms with Crippen LogP contribution in [0.4, 0.5) is 6.01 Å². The number of hydrogen-bond donors (Lipinski definition) is 1. The van der Waals surface area contributed by atoms with E-state index < -0.39 is 5.97 Å². The van der Waals surface area contributed by atoms with Gasteiger partial charge in [0.1, 0.15) is 5.52 Å². The van der Waals surface area contributed by atoms with Gasteiger partial charge in [-0.2, -0.15) is 4.98 Å². The fourth-order valence-corrected chi connectivity index (χ4v) is 2.64. The van der Waals surface area contributed by atoms with E-state index in [0.29, 0.717) is 42.8 Å². The van der Waals surface area contributed by atoms with Crippen LogP contribution in [0.2, 0.25) is 0 Å². The lowest BCUT2D eigenvalue weighted by molar-refractivity contribution is 0.0698. The third kappa shape index (κ3) is 2.47. The van der Waals surface area contributed by atoms with Crippen LogP contribution in [0.1, 0.15) is 24.2 Å². The molecule has 1 saturated heterocycles. The van der Waals surface area contributed by atoms with Gasteiger partial charge in [0.25, 0.3) is 6.01 Å². The first-order valence-corrected chi connectivity index (χ1v) is 7.05. The van der Waals surface area contributed by atoms with Crippen molar-refractivity contribution in [2.45, 2.75) is 19.9 Å². The van der Waals surface area contributed by atoms with Crippen LogP contribution in [0, 0.1) is 5.92 Å². The van der Waals surface area contributed by atoms with Gasteiger partial charge >= 0.3 is 5.97 Å². The topological polar surface area (TPSA) is 75.8 Å². The molecule has 2 aromatic rings. The van der Waals surface area contributed by atoms with Crippen molar-refractivity contribution in [1.82, 2.24) is 4.98 Å². The van der Waals surface area contributed by atoms with Crippen LogP contribution in [-0.2, 0) is 4.74 Å². The second-order valence-corrected chi connectivity index (χ2v) is 5.53. The molecule has 0 spiro atoms. The Labute approximate surface area is 122 Å². The molecule has 6 nitrogen and oxygen atoms in total. The summed E-state index contributed by atoms with van der Waals surface area (Å²) in [6, 6.07) is 5.60. The van der Waals surface area contributed by atoms with Gasteiger partial charge in [-0.15, -0.1) is 0 Å². The van der Waals surface area contributed by atoms with Crippen molar-refractivity contribution in [2.24, 2.45) is 5.92 Å². The van der Waals surface area contributed by atoms with Crippen LogP contribution >= 0.6 is 0 Å². The number of aromatic nitrogens is 1. The summed E-state index contributed by atoms with van der Waals surface area (Å²) in [6.07, 6.45) is 0. The first kappa shape index (κ1) is 13.9. The van der Waals surface area contributed by atoms with Crippen LogP contribution < -0.4 is 4.90 Å². The van der Waals surface area contributed by atoms with Gasteiger partial charge < -0.3 is 19.2 Å². The van der Waals surface area contributed by atoms with Crippen LogP contribution in [0.15, 0.2) is 22.6 Å². The minimum Gasteiger partial charge on any atom is -0.478 e. The Morgan fingerprint density at radius 3 is 3.00 bits per heavy atom. The molecule has 0 radical (unpaired) electrons. The molecule has 6 heteroatoms. The number of aromatic carboxylic acids is 1. The quantitative estimate of drug-likeness (QED) is 0.935. The Morgan fingerprint density at radius 2 is 2.29 bits per heavy atom. The SMILES string of the molecule is CC(C)[C@@H]1COCCN1c1nc2c(C(=O)O)cccc2o1. The summed E-state index contributed by atoms with van der Waals surface area (Å²) in [4.78, 5) is 17.7. The Balaban J connectivity index is 2.04. The number of carbonyl (C=O) groups is 1. The fraction of sp³-hybridized carbons (Fsp3) is 0.467. The van der Waals surface area contributed by atoms with E-state index in [1.807, 2.05) is 0 Å². The molecule has 21 heavy (non-hydrogen) atoms. The molecule has 0 aliphatic carbocycles. The maximum absolute atomic E-state index is 11.3. The van der Waals surface area contributed by atoms with E-state index in [-0.39, 0.29) is 11.6 Å². The van der Waals surface area contributed by atoms with Gasteiger partial charge in [-0.1, -0.05) is 19.9 Å². The molecule has 2 heterocycles. The third-order valence-electron chi connectivity index (χ3n) is 3.82. The molecule has 1 atom stereocenters. The number of carboxylic acids is 1. The lowest BCUT2D eigenvalue weighted by Gasteiger charge is -2.36. The standard InChI is InChI=1S/C15H18N2O4/c1-9(2)11-8-20-7-6-17(11)15-16-13-10(14(18)19)4-3-5-12(13)21-15/h3-5,9,11H,6-8H2,1-2H3,(H,18,19)/t11-/m0/s1. The number of carboxylic acid groups (broad SMARTS) is 1. The van der Waals surface area contributed by atoms with Crippen LogP contribution in [-0.4, -0.2) is 41.9 Å². The average molecular weight is 290 g/mol. The highest BCUT2D eigenvalue weighted by atomic mass is 16.5. The number of nitrogens with zero attached hydrogens (tertiary/aromatic N) is 2. The lowest BCUT2D eigenvalue weighted by atomic mass is 10.0. The smallest absolute Gasteiger partial charge is 0.338 e. The number of ether oxygens (including phenoxy) is 1. The van der Waals surface area contributed by atoms with Crippen molar-refractivity contribution < 1.29 is 19.1 Å². The minimum absolute atomic E-state index is 0.164. The Hall–Kier alpha value is -2.08. The number of morpholine rings is 1. The maximum atomic E-state index is 11.3. The number of hydrogen-bond acceptors (Lipinski definition) is 5. The highest BCUT2D eigenvalue weighted by molar-refractivity contribution is 6.00. The van der Waals surface area contributed by atoms with E-state index in [4.69, 9.17) is 9.15 Å². The Bertz CT molecular complexity index is 665. The molecule has 1 aromatic carbocycles. The number of para-hydroxylation sites is 1. The second-order valence-electron chi connectivity index (χ2n) is 5.53. The zero-order valence-corrected chi connectivity index (χ0v) is 12.1. The normalized spacial score (nSPS) is 19.4. The Kier molecular flexibility index (Phi) is 3.55. The molecule has 0 bridgehead atoms. The number of rotatable bonds is 3. The zero-order chi connectivity index (χ0) is 15.0. The van der Waals surface area contributed by atoms with Crippen molar-refractivity contribution in [2.75, 3.05) is 24.7 Å². The van der Waals surface area contributed by atoms with Gasteiger partial charge in [-0.05, 0) is 18.1 Å². The summed E-state index contributed by atoms with van der Waals surface area (Å²) in [5.41, 5.74) is 1.06. The minimum atomic E-state index is -0.997. The number of fused-ring (bicyclic) bond motifs is 1. The van der Waals surface area contributed by atoms with Crippen LogP contribution in [0.5, 0.6) is 0 Å². The average Bonchev–Trinajstić information content (AvgIpc) is 2.90. The van der Waals surface area contributed by atoms with E-state index in [0.717, 1.165) is 0 Å². The van der Waals surface area contributed by atoms with Gasteiger partial charge in [-0.3, -0.25) is 0 Å². The van der Waals surface area contributed by atoms with Crippen molar-refractivity contribution in [3.05, 3.63) is 23.8 Å². The number of benzene rings is 1. The first-order chi connectivity index (χ1) is 10.1. The van der Waals surface area contributed by atoms with Crippen LogP contribution in [0.3, 0.4) is 0 Å². The van der Waals surface area contributed by atoms with E-state index in [2.05, 4.69) is 23.7 Å². The number of oxazole rings is 1. The summed E-state index contributed by atoms with van der Waals surface area (Å²) in [5.74, 6) is -0.609. The number of anilines is 1. The summed E-state index contributed by atoms with van der Waals surface area (Å²) in [6.45, 7) is 6.18. The van der Waals surface area contributed by atoms with Crippen LogP contribution in [0.25, 0.3) is 11.1 Å². The molecular weight excluding hydrogens is 272 g/mol. The predicted molar refractivity (Wildman–Crippen MR) is 77.8 cm³/mol. The molecule has 0 saturated carbocycles. The summed E-state index contributed by atoms with van der Waals surface area (Å²) in [5, 5.41) is 9.23. The summed E-state index contributed by atoms with van der Waals surface area (Å²) < 4.78 is 11.3. The highest BCUT2D eigenvalue weighted by Crippen LogP contribution is 2.28. The highest BCUT2D eigenvalue weighted by Gasteiger charge is 2.29. The maximum Gasteiger partial charge on any atom is 0.338 e. The van der Waals surface area contributed by atoms with Gasteiger partial charge in [0.15, 0.2) is 5.58 Å². The second kappa shape index (κ2) is 5.37. The van der Waals surface area contributed by atoms with E-state index in [1.165, 1.54) is 6.07 Å². The molecule has 1 fully saturated rings. The fourth-order valence-electron chi connectivity index (χ4n) is 2.64. The van der Waals surface area contributed by atoms with Gasteiger partial charge in [0.2, 0.25) is 0 Å². The largest absolute Gasteiger partial charge is 0.478 e. The van der Waals surface area contributed by atoms with Gasteiger partial charge in [-0.25, -0.2) is 4.79 Å². The molecular formula is C15H18N2O4. The molecule has 1 aromatic heterocycles. The summed E-state index contributed by atoms with van der Waals surface area (Å²) >= 11 is 0. The molecule has 1 aliphatic rings. The lowest BCUT2D eigenvalue weighted by Crippen LogP contribution is -2.48. The Morgan fingerprint density at radius 1 is 1.48 bits per heavy atom. The van der Waals surface area contributed by atoms with Gasteiger partial charge in [0.05, 0.1) is 24.8 Å². The van der Waals surface area contributed by atoms with Gasteiger partial charge in [0, 0.05) is 6.54 Å². The third-order valence-corrected chi connectivity index (χ3v) is 3.82. The molecule has 3 rings (SSSR count). The molecule has 1 N–H and O–H groups in total. The first-order valence-electron chi connectivity index (χ1n) is 7.05. The summed E-state index contributed by atoms with van der Waals surface area (Å²) in [7, 11) is 0.